The first kappa shape index (κ1) is 12.8. The van der Waals surface area contributed by atoms with Gasteiger partial charge in [0.15, 0.2) is 11.5 Å². The quantitative estimate of drug-likeness (QED) is 0.821. The van der Waals surface area contributed by atoms with Crippen molar-refractivity contribution in [1.82, 2.24) is 4.90 Å². The van der Waals surface area contributed by atoms with Crippen LogP contribution in [0.1, 0.15) is 11.1 Å². The molecular weight excluding hydrogens is 254 g/mol. The number of hydrogen-bond acceptors (Lipinski definition) is 3. The van der Waals surface area contributed by atoms with E-state index < -0.39 is 5.72 Å². The highest BCUT2D eigenvalue weighted by Gasteiger charge is 2.44. The largest absolute Gasteiger partial charge is 0.338 e. The number of amides is 1. The highest BCUT2D eigenvalue weighted by molar-refractivity contribution is 6.01. The van der Waals surface area contributed by atoms with Gasteiger partial charge in [0.25, 0.3) is 5.91 Å². The molecule has 1 spiro atoms. The molecule has 0 bridgehead atoms. The second-order valence-electron chi connectivity index (χ2n) is 5.08. The minimum absolute atomic E-state index is 0.0364. The molecule has 1 amide bonds. The fourth-order valence-electron chi connectivity index (χ4n) is 2.41. The van der Waals surface area contributed by atoms with Crippen LogP contribution in [0.15, 0.2) is 48.6 Å². The number of aryl methyl sites for hydroxylation is 1. The van der Waals surface area contributed by atoms with Gasteiger partial charge in [0, 0.05) is 6.54 Å². The summed E-state index contributed by atoms with van der Waals surface area (Å²) >= 11 is 0. The average Bonchev–Trinajstić information content (AvgIpc) is 2.74. The number of carbonyl (C=O) groups excluding carboxylic acids is 2. The second-order valence-corrected chi connectivity index (χ2v) is 5.08. The topological polar surface area (TPSA) is 46.6 Å². The highest BCUT2D eigenvalue weighted by atomic mass is 16.5. The molecule has 0 atom stereocenters. The number of hydrogen-bond donors (Lipinski definition) is 0. The third-order valence-corrected chi connectivity index (χ3v) is 3.58. The van der Waals surface area contributed by atoms with E-state index in [0.29, 0.717) is 6.54 Å². The Morgan fingerprint density at radius 1 is 1.15 bits per heavy atom. The third-order valence-electron chi connectivity index (χ3n) is 3.58. The van der Waals surface area contributed by atoms with Crippen molar-refractivity contribution in [3.63, 3.8) is 0 Å². The molecular formula is C16H15NO3. The monoisotopic (exact) mass is 269 g/mol. The zero-order chi connectivity index (χ0) is 14.2. The van der Waals surface area contributed by atoms with E-state index in [9.17, 15) is 9.59 Å². The summed E-state index contributed by atoms with van der Waals surface area (Å²) in [6.07, 6.45) is 6.18. The van der Waals surface area contributed by atoms with Gasteiger partial charge in [-0.1, -0.05) is 29.8 Å². The fourth-order valence-corrected chi connectivity index (χ4v) is 2.41. The molecule has 0 unspecified atom stereocenters. The lowest BCUT2D eigenvalue weighted by atomic mass is 10.0. The Hall–Kier alpha value is -2.20. The lowest BCUT2D eigenvalue weighted by Crippen LogP contribution is -2.44. The molecule has 2 aliphatic rings. The van der Waals surface area contributed by atoms with E-state index in [1.165, 1.54) is 17.7 Å². The summed E-state index contributed by atoms with van der Waals surface area (Å²) in [7, 11) is 0. The van der Waals surface area contributed by atoms with Gasteiger partial charge < -0.3 is 9.64 Å². The number of benzene rings is 1. The maximum absolute atomic E-state index is 12.0. The van der Waals surface area contributed by atoms with Gasteiger partial charge in [0.1, 0.15) is 6.61 Å². The van der Waals surface area contributed by atoms with Crippen LogP contribution in [-0.2, 0) is 20.9 Å². The minimum Gasteiger partial charge on any atom is -0.338 e. The van der Waals surface area contributed by atoms with Crippen molar-refractivity contribution >= 4 is 11.7 Å². The van der Waals surface area contributed by atoms with Gasteiger partial charge in [0.2, 0.25) is 0 Å². The van der Waals surface area contributed by atoms with E-state index in [4.69, 9.17) is 4.74 Å². The Labute approximate surface area is 117 Å². The predicted molar refractivity (Wildman–Crippen MR) is 73.7 cm³/mol. The molecule has 3 rings (SSSR count). The molecule has 20 heavy (non-hydrogen) atoms. The summed E-state index contributed by atoms with van der Waals surface area (Å²) in [5.41, 5.74) is 1.30. The highest BCUT2D eigenvalue weighted by Crippen LogP contribution is 2.31. The first-order chi connectivity index (χ1) is 9.59. The first-order valence-corrected chi connectivity index (χ1v) is 6.51. The molecule has 1 fully saturated rings. The SMILES string of the molecule is Cc1ccc(CN2C(=O)COC23C=CC(=O)C=C3)cc1. The Morgan fingerprint density at radius 3 is 2.45 bits per heavy atom. The van der Waals surface area contributed by atoms with Gasteiger partial charge in [-0.3, -0.25) is 9.59 Å². The molecule has 1 aliphatic carbocycles. The Balaban J connectivity index is 1.88. The van der Waals surface area contributed by atoms with Crippen LogP contribution in [-0.4, -0.2) is 28.9 Å². The van der Waals surface area contributed by atoms with Crippen molar-refractivity contribution in [3.8, 4) is 0 Å². The molecule has 4 heteroatoms. The lowest BCUT2D eigenvalue weighted by molar-refractivity contribution is -0.129. The Morgan fingerprint density at radius 2 is 1.80 bits per heavy atom. The molecule has 0 aromatic heterocycles. The number of ether oxygens (including phenoxy) is 1. The number of ketones is 1. The molecule has 1 aliphatic heterocycles. The average molecular weight is 269 g/mol. The van der Waals surface area contributed by atoms with E-state index in [1.807, 2.05) is 31.2 Å². The second kappa shape index (κ2) is 4.72. The summed E-state index contributed by atoms with van der Waals surface area (Å²) in [5, 5.41) is 0. The van der Waals surface area contributed by atoms with E-state index in [1.54, 1.807) is 17.1 Å². The van der Waals surface area contributed by atoms with Crippen LogP contribution in [0.4, 0.5) is 0 Å². The van der Waals surface area contributed by atoms with Crippen LogP contribution in [0.5, 0.6) is 0 Å². The lowest BCUT2D eigenvalue weighted by Gasteiger charge is -2.33. The number of allylic oxidation sites excluding steroid dienone is 2. The summed E-state index contributed by atoms with van der Waals surface area (Å²) < 4.78 is 5.60. The maximum Gasteiger partial charge on any atom is 0.251 e. The standard InChI is InChI=1S/C16H15NO3/c1-12-2-4-13(5-3-12)10-17-15(19)11-20-16(17)8-6-14(18)7-9-16/h2-9H,10-11H2,1H3. The molecule has 1 heterocycles. The summed E-state index contributed by atoms with van der Waals surface area (Å²) in [5.74, 6) is -0.164. The molecule has 1 aromatic rings. The van der Waals surface area contributed by atoms with E-state index >= 15 is 0 Å². The van der Waals surface area contributed by atoms with E-state index in [-0.39, 0.29) is 18.3 Å². The van der Waals surface area contributed by atoms with Crippen molar-refractivity contribution in [2.75, 3.05) is 6.61 Å². The van der Waals surface area contributed by atoms with Crippen LogP contribution < -0.4 is 0 Å². The molecule has 1 saturated heterocycles. The van der Waals surface area contributed by atoms with Gasteiger partial charge in [-0.2, -0.15) is 0 Å². The van der Waals surface area contributed by atoms with Crippen molar-refractivity contribution in [1.29, 1.82) is 0 Å². The van der Waals surface area contributed by atoms with Gasteiger partial charge in [-0.25, -0.2) is 0 Å². The molecule has 102 valence electrons. The van der Waals surface area contributed by atoms with Crippen molar-refractivity contribution in [3.05, 3.63) is 59.7 Å². The summed E-state index contributed by atoms with van der Waals surface area (Å²) in [4.78, 5) is 25.0. The predicted octanol–water partition coefficient (Wildman–Crippen LogP) is 1.75. The van der Waals surface area contributed by atoms with Crippen LogP contribution in [0.3, 0.4) is 0 Å². The number of rotatable bonds is 2. The molecule has 0 N–H and O–H groups in total. The molecule has 4 nitrogen and oxygen atoms in total. The summed E-state index contributed by atoms with van der Waals surface area (Å²) in [6.45, 7) is 2.52. The zero-order valence-electron chi connectivity index (χ0n) is 11.2. The normalized spacial score (nSPS) is 20.1. The third kappa shape index (κ3) is 2.18. The van der Waals surface area contributed by atoms with Gasteiger partial charge in [-0.15, -0.1) is 0 Å². The molecule has 0 saturated carbocycles. The first-order valence-electron chi connectivity index (χ1n) is 6.51. The van der Waals surface area contributed by atoms with Crippen LogP contribution >= 0.6 is 0 Å². The van der Waals surface area contributed by atoms with Crippen molar-refractivity contribution < 1.29 is 14.3 Å². The van der Waals surface area contributed by atoms with Gasteiger partial charge >= 0.3 is 0 Å². The molecule has 1 aromatic carbocycles. The van der Waals surface area contributed by atoms with Crippen LogP contribution in [0.2, 0.25) is 0 Å². The van der Waals surface area contributed by atoms with Crippen molar-refractivity contribution in [2.45, 2.75) is 19.2 Å². The van der Waals surface area contributed by atoms with Gasteiger partial charge in [-0.05, 0) is 36.8 Å². The fraction of sp³-hybridized carbons (Fsp3) is 0.250. The van der Waals surface area contributed by atoms with E-state index in [2.05, 4.69) is 0 Å². The van der Waals surface area contributed by atoms with Crippen LogP contribution in [0, 0.1) is 6.92 Å². The minimum atomic E-state index is -0.907. The summed E-state index contributed by atoms with van der Waals surface area (Å²) in [6, 6.07) is 8.02. The van der Waals surface area contributed by atoms with Crippen LogP contribution in [0.25, 0.3) is 0 Å². The zero-order valence-corrected chi connectivity index (χ0v) is 11.2. The van der Waals surface area contributed by atoms with Crippen molar-refractivity contribution in [2.24, 2.45) is 0 Å². The number of nitrogens with zero attached hydrogens (tertiary/aromatic N) is 1. The molecule has 0 radical (unpaired) electrons. The van der Waals surface area contributed by atoms with Gasteiger partial charge in [0.05, 0.1) is 0 Å². The maximum atomic E-state index is 12.0. The Kier molecular flexibility index (Phi) is 3.03. The Bertz CT molecular complexity index is 597. The number of carbonyl (C=O) groups is 2. The smallest absolute Gasteiger partial charge is 0.251 e. The van der Waals surface area contributed by atoms with E-state index in [0.717, 1.165) is 5.56 Å².